The lowest BCUT2D eigenvalue weighted by Gasteiger charge is -2.10. The van der Waals surface area contributed by atoms with E-state index >= 15 is 0 Å². The van der Waals surface area contributed by atoms with E-state index in [1.54, 1.807) is 0 Å². The summed E-state index contributed by atoms with van der Waals surface area (Å²) in [7, 11) is 0. The van der Waals surface area contributed by atoms with Gasteiger partial charge in [-0.25, -0.2) is 0 Å². The molecule has 12 heavy (non-hydrogen) atoms. The molecule has 0 aromatic carbocycles. The first-order valence-electron chi connectivity index (χ1n) is 3.91. The third kappa shape index (κ3) is 3.82. The monoisotopic (exact) mass is 166 g/mol. The minimum atomic E-state index is -0.498. The SMILES string of the molecule is C#CC(OC(C)=O)/C(C)=C/CC. The van der Waals surface area contributed by atoms with E-state index in [4.69, 9.17) is 11.2 Å². The fraction of sp³-hybridized carbons (Fsp3) is 0.500. The summed E-state index contributed by atoms with van der Waals surface area (Å²) < 4.78 is 4.87. The molecule has 0 bridgehead atoms. The van der Waals surface area contributed by atoms with Gasteiger partial charge in [0.1, 0.15) is 0 Å². The predicted molar refractivity (Wildman–Crippen MR) is 48.4 cm³/mol. The molecule has 0 spiro atoms. The van der Waals surface area contributed by atoms with Crippen molar-refractivity contribution in [2.45, 2.75) is 33.3 Å². The second kappa shape index (κ2) is 5.42. The van der Waals surface area contributed by atoms with E-state index in [-0.39, 0.29) is 5.97 Å². The van der Waals surface area contributed by atoms with Crippen LogP contribution >= 0.6 is 0 Å². The normalized spacial score (nSPS) is 13.3. The van der Waals surface area contributed by atoms with E-state index in [2.05, 4.69) is 5.92 Å². The lowest BCUT2D eigenvalue weighted by molar-refractivity contribution is -0.142. The average molecular weight is 166 g/mol. The molecule has 0 saturated carbocycles. The maximum absolute atomic E-state index is 10.6. The third-order valence-corrected chi connectivity index (χ3v) is 1.37. The van der Waals surface area contributed by atoms with Crippen LogP contribution in [-0.2, 0) is 9.53 Å². The largest absolute Gasteiger partial charge is 0.445 e. The Morgan fingerprint density at radius 1 is 1.67 bits per heavy atom. The van der Waals surface area contributed by atoms with Gasteiger partial charge in [0, 0.05) is 6.92 Å². The van der Waals surface area contributed by atoms with Crippen LogP contribution in [0, 0.1) is 12.3 Å². The van der Waals surface area contributed by atoms with Gasteiger partial charge >= 0.3 is 5.97 Å². The van der Waals surface area contributed by atoms with Gasteiger partial charge in [-0.3, -0.25) is 4.79 Å². The molecule has 2 nitrogen and oxygen atoms in total. The highest BCUT2D eigenvalue weighted by atomic mass is 16.5. The van der Waals surface area contributed by atoms with Gasteiger partial charge in [-0.15, -0.1) is 6.42 Å². The molecule has 0 rings (SSSR count). The Morgan fingerprint density at radius 3 is 2.58 bits per heavy atom. The molecule has 0 N–H and O–H groups in total. The number of terminal acetylenes is 1. The molecule has 1 unspecified atom stereocenters. The van der Waals surface area contributed by atoms with Crippen LogP contribution < -0.4 is 0 Å². The zero-order valence-electron chi connectivity index (χ0n) is 7.76. The molecule has 0 aromatic heterocycles. The van der Waals surface area contributed by atoms with Crippen LogP contribution in [0.15, 0.2) is 11.6 Å². The fourth-order valence-corrected chi connectivity index (χ4v) is 0.853. The maximum atomic E-state index is 10.6. The Balaban J connectivity index is 4.27. The second-order valence-corrected chi connectivity index (χ2v) is 2.51. The summed E-state index contributed by atoms with van der Waals surface area (Å²) in [5.74, 6) is 2.06. The van der Waals surface area contributed by atoms with Crippen molar-refractivity contribution >= 4 is 5.97 Å². The molecule has 0 heterocycles. The molecular formula is C10H14O2. The first kappa shape index (κ1) is 10.8. The minimum absolute atomic E-state index is 0.346. The number of esters is 1. The van der Waals surface area contributed by atoms with Crippen molar-refractivity contribution in [1.82, 2.24) is 0 Å². The molecule has 0 fully saturated rings. The summed E-state index contributed by atoms with van der Waals surface area (Å²) in [6.07, 6.45) is 7.53. The smallest absolute Gasteiger partial charge is 0.304 e. The fourth-order valence-electron chi connectivity index (χ4n) is 0.853. The predicted octanol–water partition coefficient (Wildman–Crippen LogP) is 1.91. The van der Waals surface area contributed by atoms with Gasteiger partial charge in [-0.1, -0.05) is 18.9 Å². The van der Waals surface area contributed by atoms with Gasteiger partial charge in [-0.05, 0) is 18.9 Å². The second-order valence-electron chi connectivity index (χ2n) is 2.51. The van der Waals surface area contributed by atoms with Crippen LogP contribution in [0.25, 0.3) is 0 Å². The Morgan fingerprint density at radius 2 is 2.25 bits per heavy atom. The van der Waals surface area contributed by atoms with Crippen LogP contribution in [0.3, 0.4) is 0 Å². The molecule has 0 aromatic rings. The lowest BCUT2D eigenvalue weighted by Crippen LogP contribution is -2.15. The van der Waals surface area contributed by atoms with Crippen LogP contribution in [0.4, 0.5) is 0 Å². The van der Waals surface area contributed by atoms with E-state index in [1.807, 2.05) is 19.9 Å². The third-order valence-electron chi connectivity index (χ3n) is 1.37. The van der Waals surface area contributed by atoms with E-state index in [0.29, 0.717) is 0 Å². The highest BCUT2D eigenvalue weighted by molar-refractivity contribution is 5.66. The van der Waals surface area contributed by atoms with Crippen LogP contribution in [0.1, 0.15) is 27.2 Å². The van der Waals surface area contributed by atoms with Crippen LogP contribution in [0.2, 0.25) is 0 Å². The summed E-state index contributed by atoms with van der Waals surface area (Å²) >= 11 is 0. The Bertz CT molecular complexity index is 220. The van der Waals surface area contributed by atoms with Gasteiger partial charge in [-0.2, -0.15) is 0 Å². The topological polar surface area (TPSA) is 26.3 Å². The van der Waals surface area contributed by atoms with E-state index in [9.17, 15) is 4.79 Å². The van der Waals surface area contributed by atoms with Crippen LogP contribution in [0.5, 0.6) is 0 Å². The zero-order chi connectivity index (χ0) is 9.56. The quantitative estimate of drug-likeness (QED) is 0.363. The first-order chi connectivity index (χ1) is 5.61. The summed E-state index contributed by atoms with van der Waals surface area (Å²) in [6.45, 7) is 5.21. The average Bonchev–Trinajstić information content (AvgIpc) is 2.00. The molecule has 0 aliphatic carbocycles. The molecule has 0 aliphatic heterocycles. The first-order valence-corrected chi connectivity index (χ1v) is 3.91. The lowest BCUT2D eigenvalue weighted by atomic mass is 10.1. The van der Waals surface area contributed by atoms with E-state index in [1.165, 1.54) is 6.92 Å². The van der Waals surface area contributed by atoms with Gasteiger partial charge < -0.3 is 4.74 Å². The zero-order valence-corrected chi connectivity index (χ0v) is 7.76. The van der Waals surface area contributed by atoms with E-state index in [0.717, 1.165) is 12.0 Å². The molecule has 1 atom stereocenters. The molecule has 0 radical (unpaired) electrons. The maximum Gasteiger partial charge on any atom is 0.304 e. The number of ether oxygens (including phenoxy) is 1. The van der Waals surface area contributed by atoms with E-state index < -0.39 is 6.10 Å². The van der Waals surface area contributed by atoms with Crippen LogP contribution in [-0.4, -0.2) is 12.1 Å². The van der Waals surface area contributed by atoms with Gasteiger partial charge in [0.05, 0.1) is 0 Å². The summed E-state index contributed by atoms with van der Waals surface area (Å²) in [5.41, 5.74) is 0.912. The Hall–Kier alpha value is -1.23. The highest BCUT2D eigenvalue weighted by Crippen LogP contribution is 2.06. The summed E-state index contributed by atoms with van der Waals surface area (Å²) in [6, 6.07) is 0. The number of hydrogen-bond acceptors (Lipinski definition) is 2. The number of rotatable bonds is 3. The molecule has 2 heteroatoms. The standard InChI is InChI=1S/C10H14O2/c1-5-7-8(3)10(6-2)12-9(4)11/h2,7,10H,5H2,1,3-4H3/b8-7+. The van der Waals surface area contributed by atoms with Gasteiger partial charge in [0.15, 0.2) is 6.10 Å². The molecule has 66 valence electrons. The minimum Gasteiger partial charge on any atom is -0.445 e. The van der Waals surface area contributed by atoms with Crippen molar-refractivity contribution in [1.29, 1.82) is 0 Å². The van der Waals surface area contributed by atoms with Crippen molar-refractivity contribution in [2.75, 3.05) is 0 Å². The van der Waals surface area contributed by atoms with Crippen molar-refractivity contribution in [3.05, 3.63) is 11.6 Å². The van der Waals surface area contributed by atoms with Crippen molar-refractivity contribution in [3.63, 3.8) is 0 Å². The molecule has 0 saturated heterocycles. The van der Waals surface area contributed by atoms with Gasteiger partial charge in [0.25, 0.3) is 0 Å². The van der Waals surface area contributed by atoms with Crippen molar-refractivity contribution in [3.8, 4) is 12.3 Å². The molecule has 0 amide bonds. The summed E-state index contributed by atoms with van der Waals surface area (Å²) in [4.78, 5) is 10.6. The van der Waals surface area contributed by atoms with Gasteiger partial charge in [0.2, 0.25) is 0 Å². The van der Waals surface area contributed by atoms with Crippen molar-refractivity contribution < 1.29 is 9.53 Å². The Kier molecular flexibility index (Phi) is 4.87. The number of carbonyl (C=O) groups excluding carboxylic acids is 1. The molecule has 0 aliphatic rings. The molecular weight excluding hydrogens is 152 g/mol. The summed E-state index contributed by atoms with van der Waals surface area (Å²) in [5, 5.41) is 0. The number of carbonyl (C=O) groups is 1. The highest BCUT2D eigenvalue weighted by Gasteiger charge is 2.08. The number of allylic oxidation sites excluding steroid dienone is 1. The van der Waals surface area contributed by atoms with Crippen molar-refractivity contribution in [2.24, 2.45) is 0 Å². The Labute approximate surface area is 73.6 Å². The number of hydrogen-bond donors (Lipinski definition) is 0.